The van der Waals surface area contributed by atoms with Gasteiger partial charge >= 0.3 is 6.03 Å². The third-order valence-electron chi connectivity index (χ3n) is 6.94. The lowest BCUT2D eigenvalue weighted by molar-refractivity contribution is -0.118. The molecule has 2 amide bonds. The summed E-state index contributed by atoms with van der Waals surface area (Å²) < 4.78 is 7.30. The standard InChI is InChI=1S/C23H27N5O3/c1-27-14-15(13-24-27)17-3-4-19(31-2)18-11-20(25-21(17)18)26-22(30)28-9-7-23(8-10-28)6-5-16(29)12-23/h3-4,13-14H,5-12H2,1-2H3,(H,25,26,30). The van der Waals surface area contributed by atoms with Gasteiger partial charge in [0.15, 0.2) is 0 Å². The second kappa shape index (κ2) is 7.51. The molecule has 1 saturated heterocycles. The number of aliphatic imine (C=N–C) groups is 1. The zero-order valence-corrected chi connectivity index (χ0v) is 18.0. The molecule has 1 spiro atoms. The third-order valence-corrected chi connectivity index (χ3v) is 6.94. The normalized spacial score (nSPS) is 19.5. The first-order chi connectivity index (χ1) is 15.0. The Bertz CT molecular complexity index is 1080. The number of aromatic nitrogens is 2. The number of ketones is 1. The maximum absolute atomic E-state index is 12.9. The van der Waals surface area contributed by atoms with Gasteiger partial charge in [-0.05, 0) is 36.8 Å². The predicted molar refractivity (Wildman–Crippen MR) is 117 cm³/mol. The average Bonchev–Trinajstić information content (AvgIpc) is 3.46. The predicted octanol–water partition coefficient (Wildman–Crippen LogP) is 3.23. The Hall–Kier alpha value is -3.16. The van der Waals surface area contributed by atoms with Crippen LogP contribution < -0.4 is 10.1 Å². The number of benzene rings is 1. The number of aryl methyl sites for hydroxylation is 1. The lowest BCUT2D eigenvalue weighted by atomic mass is 9.77. The van der Waals surface area contributed by atoms with Crippen LogP contribution in [0.25, 0.3) is 11.1 Å². The number of amides is 2. The molecule has 3 aliphatic rings. The van der Waals surface area contributed by atoms with E-state index in [1.54, 1.807) is 11.8 Å². The number of ether oxygens (including phenoxy) is 1. The Morgan fingerprint density at radius 1 is 1.23 bits per heavy atom. The number of carbonyl (C=O) groups is 2. The molecular weight excluding hydrogens is 394 g/mol. The van der Waals surface area contributed by atoms with E-state index in [1.807, 2.05) is 36.5 Å². The molecule has 2 aromatic rings. The number of hydrogen-bond donors (Lipinski definition) is 1. The number of carbonyl (C=O) groups excluding carboxylic acids is 2. The molecule has 8 heteroatoms. The van der Waals surface area contributed by atoms with Crippen molar-refractivity contribution in [2.45, 2.75) is 38.5 Å². The van der Waals surface area contributed by atoms with Gasteiger partial charge in [0, 0.05) is 62.3 Å². The first-order valence-corrected chi connectivity index (χ1v) is 10.8. The van der Waals surface area contributed by atoms with E-state index in [1.165, 1.54) is 0 Å². The molecule has 8 nitrogen and oxygen atoms in total. The van der Waals surface area contributed by atoms with Crippen molar-refractivity contribution in [3.05, 3.63) is 30.1 Å². The highest BCUT2D eigenvalue weighted by atomic mass is 16.5. The smallest absolute Gasteiger partial charge is 0.322 e. The Balaban J connectivity index is 1.31. The molecule has 2 aliphatic heterocycles. The van der Waals surface area contributed by atoms with Gasteiger partial charge in [-0.3, -0.25) is 14.8 Å². The highest BCUT2D eigenvalue weighted by Gasteiger charge is 2.41. The van der Waals surface area contributed by atoms with Crippen LogP contribution in [0.15, 0.2) is 29.5 Å². The second-order valence-corrected chi connectivity index (χ2v) is 8.91. The minimum absolute atomic E-state index is 0.118. The highest BCUT2D eigenvalue weighted by molar-refractivity contribution is 6.04. The van der Waals surface area contributed by atoms with Gasteiger partial charge in [0.25, 0.3) is 0 Å². The van der Waals surface area contributed by atoms with Gasteiger partial charge in [0.1, 0.15) is 17.4 Å². The van der Waals surface area contributed by atoms with Gasteiger partial charge in [-0.15, -0.1) is 0 Å². The third kappa shape index (κ3) is 3.60. The Labute approximate surface area is 181 Å². The first kappa shape index (κ1) is 19.8. The van der Waals surface area contributed by atoms with Crippen molar-refractivity contribution in [1.29, 1.82) is 0 Å². The summed E-state index contributed by atoms with van der Waals surface area (Å²) in [5.41, 5.74) is 3.87. The van der Waals surface area contributed by atoms with Crippen molar-refractivity contribution in [2.75, 3.05) is 20.2 Å². The Kier molecular flexibility index (Phi) is 4.79. The minimum Gasteiger partial charge on any atom is -0.496 e. The van der Waals surface area contributed by atoms with Gasteiger partial charge in [0.2, 0.25) is 0 Å². The van der Waals surface area contributed by atoms with Gasteiger partial charge in [0.05, 0.1) is 19.0 Å². The van der Waals surface area contributed by atoms with Crippen molar-refractivity contribution < 1.29 is 14.3 Å². The summed E-state index contributed by atoms with van der Waals surface area (Å²) in [5, 5.41) is 7.28. The molecule has 31 heavy (non-hydrogen) atoms. The Morgan fingerprint density at radius 2 is 2.03 bits per heavy atom. The molecule has 1 N–H and O–H groups in total. The summed E-state index contributed by atoms with van der Waals surface area (Å²) in [6.07, 6.45) is 8.43. The maximum atomic E-state index is 12.9. The van der Waals surface area contributed by atoms with Crippen molar-refractivity contribution in [3.8, 4) is 16.9 Å². The number of likely N-dealkylation sites (tertiary alicyclic amines) is 1. The molecule has 3 heterocycles. The fourth-order valence-corrected chi connectivity index (χ4v) is 5.13. The number of methoxy groups -OCH3 is 1. The van der Waals surface area contributed by atoms with Crippen LogP contribution in [0.5, 0.6) is 5.75 Å². The number of piperidine rings is 1. The van der Waals surface area contributed by atoms with Crippen molar-refractivity contribution in [3.63, 3.8) is 0 Å². The van der Waals surface area contributed by atoms with E-state index in [-0.39, 0.29) is 11.4 Å². The summed E-state index contributed by atoms with van der Waals surface area (Å²) in [6, 6.07) is 3.80. The van der Waals surface area contributed by atoms with Gasteiger partial charge in [-0.1, -0.05) is 0 Å². The molecule has 0 atom stereocenters. The van der Waals surface area contributed by atoms with Crippen LogP contribution in [-0.2, 0) is 18.3 Å². The summed E-state index contributed by atoms with van der Waals surface area (Å²) in [6.45, 7) is 1.37. The number of amidine groups is 1. The monoisotopic (exact) mass is 421 g/mol. The lowest BCUT2D eigenvalue weighted by Gasteiger charge is -2.38. The molecule has 1 aliphatic carbocycles. The van der Waals surface area contributed by atoms with Crippen LogP contribution in [0.2, 0.25) is 0 Å². The Morgan fingerprint density at radius 3 is 2.68 bits per heavy atom. The number of nitrogens with one attached hydrogen (secondary N) is 1. The van der Waals surface area contributed by atoms with Crippen LogP contribution in [0.3, 0.4) is 0 Å². The molecular formula is C23H27N5O3. The number of hydrogen-bond acceptors (Lipinski definition) is 5. The van der Waals surface area contributed by atoms with Crippen LogP contribution in [0, 0.1) is 5.41 Å². The summed E-state index contributed by atoms with van der Waals surface area (Å²) in [5.74, 6) is 1.77. The lowest BCUT2D eigenvalue weighted by Crippen LogP contribution is -2.48. The van der Waals surface area contributed by atoms with Crippen molar-refractivity contribution >= 4 is 23.3 Å². The summed E-state index contributed by atoms with van der Waals surface area (Å²) >= 11 is 0. The van der Waals surface area contributed by atoms with Crippen molar-refractivity contribution in [1.82, 2.24) is 20.0 Å². The van der Waals surface area contributed by atoms with E-state index in [4.69, 9.17) is 9.73 Å². The molecule has 162 valence electrons. The molecule has 1 aromatic carbocycles. The van der Waals surface area contributed by atoms with E-state index in [9.17, 15) is 9.59 Å². The molecule has 0 bridgehead atoms. The van der Waals surface area contributed by atoms with Gasteiger partial charge < -0.3 is 9.64 Å². The van der Waals surface area contributed by atoms with Crippen LogP contribution in [0.1, 0.15) is 37.7 Å². The first-order valence-electron chi connectivity index (χ1n) is 10.8. The highest BCUT2D eigenvalue weighted by Crippen LogP contribution is 2.45. The molecule has 1 saturated carbocycles. The van der Waals surface area contributed by atoms with Crippen LogP contribution in [0.4, 0.5) is 10.5 Å². The van der Waals surface area contributed by atoms with E-state index < -0.39 is 0 Å². The fraction of sp³-hybridized carbons (Fsp3) is 0.478. The molecule has 0 unspecified atom stereocenters. The van der Waals surface area contributed by atoms with E-state index in [0.29, 0.717) is 44.0 Å². The zero-order valence-electron chi connectivity index (χ0n) is 18.0. The molecule has 0 radical (unpaired) electrons. The largest absolute Gasteiger partial charge is 0.496 e. The zero-order chi connectivity index (χ0) is 21.6. The molecule has 5 rings (SSSR count). The quantitative estimate of drug-likeness (QED) is 0.806. The number of Topliss-reactive ketones (excluding diaryl/α,β-unsaturated/α-hetero) is 1. The van der Waals surface area contributed by atoms with E-state index >= 15 is 0 Å². The van der Waals surface area contributed by atoms with E-state index in [0.717, 1.165) is 47.4 Å². The fourth-order valence-electron chi connectivity index (χ4n) is 5.13. The summed E-state index contributed by atoms with van der Waals surface area (Å²) in [7, 11) is 3.53. The molecule has 2 fully saturated rings. The maximum Gasteiger partial charge on any atom is 0.322 e. The number of rotatable bonds is 2. The van der Waals surface area contributed by atoms with E-state index in [2.05, 4.69) is 10.4 Å². The van der Waals surface area contributed by atoms with Gasteiger partial charge in [-0.25, -0.2) is 9.79 Å². The summed E-state index contributed by atoms with van der Waals surface area (Å²) in [4.78, 5) is 31.2. The SMILES string of the molecule is COc1ccc(-c2cnn(C)c2)c2c1CC(NC(=O)N1CCC3(CCC(=O)C3)CC1)=N2. The topological polar surface area (TPSA) is 88.8 Å². The van der Waals surface area contributed by atoms with Crippen LogP contribution >= 0.6 is 0 Å². The average molecular weight is 422 g/mol. The molecule has 1 aromatic heterocycles. The second-order valence-electron chi connectivity index (χ2n) is 8.91. The van der Waals surface area contributed by atoms with Crippen molar-refractivity contribution in [2.24, 2.45) is 17.5 Å². The number of urea groups is 1. The number of nitrogens with zero attached hydrogens (tertiary/aromatic N) is 4. The number of fused-ring (bicyclic) bond motifs is 1. The van der Waals surface area contributed by atoms with Crippen LogP contribution in [-0.4, -0.2) is 52.5 Å². The van der Waals surface area contributed by atoms with Gasteiger partial charge in [-0.2, -0.15) is 5.10 Å². The minimum atomic E-state index is -0.118.